The van der Waals surface area contributed by atoms with Crippen molar-refractivity contribution in [2.24, 2.45) is 7.05 Å². The monoisotopic (exact) mass is 350 g/mol. The van der Waals surface area contributed by atoms with Gasteiger partial charge in [0.05, 0.1) is 13.2 Å². The van der Waals surface area contributed by atoms with Gasteiger partial charge in [0, 0.05) is 11.1 Å². The molecule has 0 amide bonds. The highest BCUT2D eigenvalue weighted by molar-refractivity contribution is 5.62. The lowest BCUT2D eigenvalue weighted by atomic mass is 10.2. The van der Waals surface area contributed by atoms with Gasteiger partial charge in [-0.05, 0) is 19.1 Å². The molecule has 3 heteroatoms. The standard InChI is InChI=1S/C15H15N2.HI/c1-12-7-6-10-17-11-14(16(2)15(12)17)13-8-4-3-5-9-13;/h3-11H,1-2H3;1H/q+1;/p-1. The predicted octanol–water partition coefficient (Wildman–Crippen LogP) is -0.257. The van der Waals surface area contributed by atoms with Crippen LogP contribution in [0.4, 0.5) is 0 Å². The molecule has 0 aliphatic heterocycles. The first-order valence-corrected chi connectivity index (χ1v) is 5.79. The molecule has 0 saturated heterocycles. The van der Waals surface area contributed by atoms with Crippen LogP contribution in [0.5, 0.6) is 0 Å². The summed E-state index contributed by atoms with van der Waals surface area (Å²) >= 11 is 0. The fourth-order valence-corrected chi connectivity index (χ4v) is 2.38. The van der Waals surface area contributed by atoms with Crippen LogP contribution in [0, 0.1) is 6.92 Å². The van der Waals surface area contributed by atoms with Gasteiger partial charge in [0.25, 0.3) is 5.65 Å². The summed E-state index contributed by atoms with van der Waals surface area (Å²) in [6, 6.07) is 14.7. The van der Waals surface area contributed by atoms with E-state index in [9.17, 15) is 0 Å². The molecule has 0 N–H and O–H groups in total. The number of imidazole rings is 1. The maximum absolute atomic E-state index is 2.24. The van der Waals surface area contributed by atoms with Crippen molar-refractivity contribution in [3.8, 4) is 11.3 Å². The number of halogens is 1. The van der Waals surface area contributed by atoms with Crippen LogP contribution in [0.2, 0.25) is 0 Å². The Hall–Kier alpha value is -1.36. The molecule has 2 heterocycles. The summed E-state index contributed by atoms with van der Waals surface area (Å²) in [6.45, 7) is 2.14. The minimum absolute atomic E-state index is 0. The molecule has 0 radical (unpaired) electrons. The SMILES string of the molecule is Cc1ccc[n+]2cc(-c3ccccc3)n(C)c12.[I-]. The summed E-state index contributed by atoms with van der Waals surface area (Å²) < 4.78 is 4.42. The first-order chi connectivity index (χ1) is 8.27. The number of pyridine rings is 1. The smallest absolute Gasteiger partial charge is 0.289 e. The zero-order chi connectivity index (χ0) is 11.8. The van der Waals surface area contributed by atoms with Gasteiger partial charge in [-0.15, -0.1) is 0 Å². The second-order valence-electron chi connectivity index (χ2n) is 4.36. The summed E-state index contributed by atoms with van der Waals surface area (Å²) in [7, 11) is 2.12. The number of hydrogen-bond acceptors (Lipinski definition) is 0. The number of hydrogen-bond donors (Lipinski definition) is 0. The second-order valence-corrected chi connectivity index (χ2v) is 4.36. The lowest BCUT2D eigenvalue weighted by Crippen LogP contribution is -3.00. The molecule has 92 valence electrons. The van der Waals surface area contributed by atoms with Crippen molar-refractivity contribution in [1.29, 1.82) is 0 Å². The number of rotatable bonds is 1. The first kappa shape index (κ1) is 13.1. The average molecular weight is 350 g/mol. The normalized spacial score (nSPS) is 10.3. The summed E-state index contributed by atoms with van der Waals surface area (Å²) in [5.74, 6) is 0. The Kier molecular flexibility index (Phi) is 3.71. The van der Waals surface area contributed by atoms with E-state index in [2.05, 4.69) is 71.7 Å². The van der Waals surface area contributed by atoms with Crippen LogP contribution in [0.15, 0.2) is 54.9 Å². The van der Waals surface area contributed by atoms with Crippen LogP contribution in [0.3, 0.4) is 0 Å². The van der Waals surface area contributed by atoms with Gasteiger partial charge in [-0.2, -0.15) is 0 Å². The number of nitrogens with zero attached hydrogens (tertiary/aromatic N) is 2. The Morgan fingerprint density at radius 3 is 2.39 bits per heavy atom. The third kappa shape index (κ3) is 2.03. The topological polar surface area (TPSA) is 9.03 Å². The van der Waals surface area contributed by atoms with Crippen molar-refractivity contribution in [2.75, 3.05) is 0 Å². The summed E-state index contributed by atoms with van der Waals surface area (Å²) in [5.41, 5.74) is 5.02. The zero-order valence-corrected chi connectivity index (χ0v) is 12.6. The van der Waals surface area contributed by atoms with Gasteiger partial charge in [0.1, 0.15) is 6.20 Å². The molecular formula is C15H15IN2. The van der Waals surface area contributed by atoms with E-state index in [0.717, 1.165) is 0 Å². The second kappa shape index (κ2) is 5.10. The van der Waals surface area contributed by atoms with Gasteiger partial charge < -0.3 is 24.0 Å². The van der Waals surface area contributed by atoms with Gasteiger partial charge in [0.15, 0.2) is 5.69 Å². The first-order valence-electron chi connectivity index (χ1n) is 5.79. The van der Waals surface area contributed by atoms with Crippen LogP contribution >= 0.6 is 0 Å². The number of fused-ring (bicyclic) bond motifs is 1. The molecule has 3 rings (SSSR count). The largest absolute Gasteiger partial charge is 1.00 e. The van der Waals surface area contributed by atoms with E-state index in [4.69, 9.17) is 0 Å². The van der Waals surface area contributed by atoms with E-state index >= 15 is 0 Å². The van der Waals surface area contributed by atoms with Crippen LogP contribution < -0.4 is 28.4 Å². The molecule has 0 aliphatic rings. The molecule has 0 aliphatic carbocycles. The average Bonchev–Trinajstić information content (AvgIpc) is 2.69. The molecule has 0 spiro atoms. The molecule has 18 heavy (non-hydrogen) atoms. The summed E-state index contributed by atoms with van der Waals surface area (Å²) in [5, 5.41) is 0. The highest BCUT2D eigenvalue weighted by Crippen LogP contribution is 2.19. The Morgan fingerprint density at radius 1 is 1.00 bits per heavy atom. The Labute approximate surface area is 124 Å². The van der Waals surface area contributed by atoms with E-state index in [1.807, 2.05) is 6.07 Å². The number of benzene rings is 1. The molecule has 2 nitrogen and oxygen atoms in total. The Balaban J connectivity index is 0.00000120. The summed E-state index contributed by atoms with van der Waals surface area (Å²) in [6.07, 6.45) is 4.27. The summed E-state index contributed by atoms with van der Waals surface area (Å²) in [4.78, 5) is 0. The maximum Gasteiger partial charge on any atom is 0.289 e. The van der Waals surface area contributed by atoms with Crippen LogP contribution in [0.25, 0.3) is 16.9 Å². The van der Waals surface area contributed by atoms with Crippen LogP contribution in [-0.4, -0.2) is 4.57 Å². The molecule has 2 aromatic heterocycles. The minimum atomic E-state index is 0. The van der Waals surface area contributed by atoms with Gasteiger partial charge in [-0.1, -0.05) is 30.3 Å². The molecule has 0 bridgehead atoms. The van der Waals surface area contributed by atoms with Gasteiger partial charge in [-0.3, -0.25) is 0 Å². The van der Waals surface area contributed by atoms with Gasteiger partial charge >= 0.3 is 0 Å². The quantitative estimate of drug-likeness (QED) is 0.423. The molecule has 0 fully saturated rings. The van der Waals surface area contributed by atoms with E-state index < -0.39 is 0 Å². The third-order valence-electron chi connectivity index (χ3n) is 3.20. The minimum Gasteiger partial charge on any atom is -1.00 e. The van der Waals surface area contributed by atoms with E-state index in [-0.39, 0.29) is 24.0 Å². The van der Waals surface area contributed by atoms with Crippen LogP contribution in [-0.2, 0) is 7.05 Å². The van der Waals surface area contributed by atoms with E-state index in [1.54, 1.807) is 0 Å². The number of aryl methyl sites for hydroxylation is 2. The fourth-order valence-electron chi connectivity index (χ4n) is 2.38. The predicted molar refractivity (Wildman–Crippen MR) is 68.7 cm³/mol. The third-order valence-corrected chi connectivity index (χ3v) is 3.20. The van der Waals surface area contributed by atoms with Gasteiger partial charge in [0.2, 0.25) is 0 Å². The van der Waals surface area contributed by atoms with Crippen molar-refractivity contribution in [3.63, 3.8) is 0 Å². The molecule has 3 aromatic rings. The van der Waals surface area contributed by atoms with Crippen molar-refractivity contribution in [1.82, 2.24) is 4.57 Å². The zero-order valence-electron chi connectivity index (χ0n) is 10.5. The van der Waals surface area contributed by atoms with Crippen molar-refractivity contribution < 1.29 is 28.4 Å². The Morgan fingerprint density at radius 2 is 1.72 bits per heavy atom. The van der Waals surface area contributed by atoms with E-state index in [1.165, 1.54) is 22.5 Å². The molecule has 0 atom stereocenters. The lowest BCUT2D eigenvalue weighted by Gasteiger charge is -1.97. The highest BCUT2D eigenvalue weighted by atomic mass is 127. The van der Waals surface area contributed by atoms with Crippen molar-refractivity contribution >= 4 is 5.65 Å². The lowest BCUT2D eigenvalue weighted by molar-refractivity contribution is -0.510. The molecule has 1 aromatic carbocycles. The van der Waals surface area contributed by atoms with Crippen molar-refractivity contribution in [2.45, 2.75) is 6.92 Å². The maximum atomic E-state index is 2.24. The molecule has 0 saturated carbocycles. The van der Waals surface area contributed by atoms with Crippen molar-refractivity contribution in [3.05, 3.63) is 60.4 Å². The molecule has 0 unspecified atom stereocenters. The van der Waals surface area contributed by atoms with Crippen LogP contribution in [0.1, 0.15) is 5.56 Å². The number of aromatic nitrogens is 2. The Bertz CT molecular complexity index is 672. The van der Waals surface area contributed by atoms with Gasteiger partial charge in [-0.25, -0.2) is 8.97 Å². The molecular weight excluding hydrogens is 335 g/mol. The van der Waals surface area contributed by atoms with E-state index in [0.29, 0.717) is 0 Å². The fraction of sp³-hybridized carbons (Fsp3) is 0.133. The highest BCUT2D eigenvalue weighted by Gasteiger charge is 2.16.